The van der Waals surface area contributed by atoms with Gasteiger partial charge >= 0.3 is 0 Å². The van der Waals surface area contributed by atoms with E-state index in [9.17, 15) is 4.39 Å². The Morgan fingerprint density at radius 3 is 2.20 bits per heavy atom. The molecule has 122 valence electrons. The lowest BCUT2D eigenvalue weighted by Gasteiger charge is -2.19. The van der Waals surface area contributed by atoms with Gasteiger partial charge in [-0.1, -0.05) is 48.5 Å². The number of rotatable bonds is 1. The molecule has 1 heteroatoms. The first kappa shape index (κ1) is 14.7. The number of hydrogen-bond acceptors (Lipinski definition) is 0. The molecular weight excluding hydrogens is 307 g/mol. The van der Waals surface area contributed by atoms with Gasteiger partial charge in [0.2, 0.25) is 0 Å². The van der Waals surface area contributed by atoms with Crippen molar-refractivity contribution in [3.05, 3.63) is 83.7 Å². The van der Waals surface area contributed by atoms with Gasteiger partial charge in [-0.05, 0) is 87.7 Å². The summed E-state index contributed by atoms with van der Waals surface area (Å²) in [6.07, 6.45) is 5.03. The molecule has 0 aliphatic heterocycles. The Balaban J connectivity index is 1.71. The van der Waals surface area contributed by atoms with Gasteiger partial charge in [-0.3, -0.25) is 0 Å². The zero-order chi connectivity index (χ0) is 16.8. The quantitative estimate of drug-likeness (QED) is 0.342. The summed E-state index contributed by atoms with van der Waals surface area (Å²) in [4.78, 5) is 0. The standard InChI is InChI=1S/C24H19F/c25-20-10-5-16(6-11-20)18-8-12-22-19(15-18)9-14-23-21-4-2-1-3-17(21)7-13-24(22)23/h5-15H,1-4H2. The van der Waals surface area contributed by atoms with Crippen molar-refractivity contribution in [3.8, 4) is 11.1 Å². The van der Waals surface area contributed by atoms with Crippen molar-refractivity contribution in [2.75, 3.05) is 0 Å². The van der Waals surface area contributed by atoms with Crippen molar-refractivity contribution < 1.29 is 4.39 Å². The second kappa shape index (κ2) is 5.70. The SMILES string of the molecule is Fc1ccc(-c2ccc3c(ccc4c5c(ccc43)CCCC5)c2)cc1. The van der Waals surface area contributed by atoms with E-state index in [1.807, 2.05) is 12.1 Å². The molecule has 0 saturated heterocycles. The molecule has 0 saturated carbocycles. The number of halogens is 1. The summed E-state index contributed by atoms with van der Waals surface area (Å²) in [5, 5.41) is 5.31. The van der Waals surface area contributed by atoms with Crippen LogP contribution in [0.2, 0.25) is 0 Å². The van der Waals surface area contributed by atoms with Crippen LogP contribution in [-0.4, -0.2) is 0 Å². The lowest BCUT2D eigenvalue weighted by molar-refractivity contribution is 0.628. The van der Waals surface area contributed by atoms with E-state index in [-0.39, 0.29) is 5.82 Å². The first-order valence-electron chi connectivity index (χ1n) is 9.03. The maximum absolute atomic E-state index is 13.2. The molecule has 0 bridgehead atoms. The van der Waals surface area contributed by atoms with Crippen molar-refractivity contribution in [2.45, 2.75) is 25.7 Å². The fourth-order valence-corrected chi connectivity index (χ4v) is 4.22. The molecule has 0 fully saturated rings. The van der Waals surface area contributed by atoms with Crippen LogP contribution in [0.15, 0.2) is 66.7 Å². The van der Waals surface area contributed by atoms with Crippen LogP contribution in [0.3, 0.4) is 0 Å². The third kappa shape index (κ3) is 2.42. The van der Waals surface area contributed by atoms with E-state index in [1.54, 1.807) is 5.56 Å². The van der Waals surface area contributed by atoms with Crippen LogP contribution >= 0.6 is 0 Å². The van der Waals surface area contributed by atoms with Crippen LogP contribution in [0.5, 0.6) is 0 Å². The third-order valence-corrected chi connectivity index (χ3v) is 5.53. The van der Waals surface area contributed by atoms with Crippen molar-refractivity contribution in [1.82, 2.24) is 0 Å². The van der Waals surface area contributed by atoms with E-state index in [0.717, 1.165) is 11.1 Å². The molecule has 0 N–H and O–H groups in total. The first-order chi connectivity index (χ1) is 12.3. The van der Waals surface area contributed by atoms with Crippen LogP contribution in [-0.2, 0) is 12.8 Å². The highest BCUT2D eigenvalue weighted by atomic mass is 19.1. The molecule has 25 heavy (non-hydrogen) atoms. The summed E-state index contributed by atoms with van der Waals surface area (Å²) >= 11 is 0. The van der Waals surface area contributed by atoms with Crippen molar-refractivity contribution >= 4 is 21.5 Å². The molecule has 1 aliphatic carbocycles. The number of benzene rings is 4. The van der Waals surface area contributed by atoms with E-state index in [2.05, 4.69) is 42.5 Å². The van der Waals surface area contributed by atoms with Crippen LogP contribution in [0, 0.1) is 5.82 Å². The minimum Gasteiger partial charge on any atom is -0.207 e. The lowest BCUT2D eigenvalue weighted by Crippen LogP contribution is -2.03. The van der Waals surface area contributed by atoms with Gasteiger partial charge in [0.05, 0.1) is 0 Å². The summed E-state index contributed by atoms with van der Waals surface area (Å²) in [6, 6.07) is 22.4. The predicted octanol–water partition coefficient (Wildman–Crippen LogP) is 6.68. The Labute approximate surface area is 146 Å². The molecule has 0 amide bonds. The normalized spacial score (nSPS) is 14.0. The zero-order valence-corrected chi connectivity index (χ0v) is 14.1. The Hall–Kier alpha value is -2.67. The molecule has 4 aromatic carbocycles. The molecule has 1 aliphatic rings. The zero-order valence-electron chi connectivity index (χ0n) is 14.1. The molecule has 0 radical (unpaired) electrons. The average molecular weight is 326 g/mol. The van der Waals surface area contributed by atoms with E-state index >= 15 is 0 Å². The maximum Gasteiger partial charge on any atom is 0.123 e. The monoisotopic (exact) mass is 326 g/mol. The molecule has 0 nitrogen and oxygen atoms in total. The van der Waals surface area contributed by atoms with E-state index in [0.29, 0.717) is 0 Å². The van der Waals surface area contributed by atoms with Gasteiger partial charge in [-0.15, -0.1) is 0 Å². The van der Waals surface area contributed by atoms with Crippen molar-refractivity contribution in [1.29, 1.82) is 0 Å². The molecule has 0 unspecified atom stereocenters. The van der Waals surface area contributed by atoms with Gasteiger partial charge in [0.15, 0.2) is 0 Å². The molecule has 5 rings (SSSR count). The topological polar surface area (TPSA) is 0 Å². The summed E-state index contributed by atoms with van der Waals surface area (Å²) in [7, 11) is 0. The summed E-state index contributed by atoms with van der Waals surface area (Å²) in [5.41, 5.74) is 5.26. The van der Waals surface area contributed by atoms with Crippen molar-refractivity contribution in [2.24, 2.45) is 0 Å². The summed E-state index contributed by atoms with van der Waals surface area (Å²) < 4.78 is 13.2. The number of fused-ring (bicyclic) bond motifs is 5. The van der Waals surface area contributed by atoms with Crippen molar-refractivity contribution in [3.63, 3.8) is 0 Å². The fraction of sp³-hybridized carbons (Fsp3) is 0.167. The van der Waals surface area contributed by atoms with Crippen LogP contribution in [0.1, 0.15) is 24.0 Å². The van der Waals surface area contributed by atoms with E-state index < -0.39 is 0 Å². The molecule has 0 heterocycles. The van der Waals surface area contributed by atoms with Gasteiger partial charge in [0.1, 0.15) is 5.82 Å². The van der Waals surface area contributed by atoms with Gasteiger partial charge in [-0.25, -0.2) is 4.39 Å². The smallest absolute Gasteiger partial charge is 0.123 e. The van der Waals surface area contributed by atoms with Gasteiger partial charge < -0.3 is 0 Å². The fourth-order valence-electron chi connectivity index (χ4n) is 4.22. The van der Waals surface area contributed by atoms with E-state index in [4.69, 9.17) is 0 Å². The van der Waals surface area contributed by atoms with Gasteiger partial charge in [0, 0.05) is 0 Å². The maximum atomic E-state index is 13.2. The number of hydrogen-bond donors (Lipinski definition) is 0. The Morgan fingerprint density at radius 1 is 0.600 bits per heavy atom. The highest BCUT2D eigenvalue weighted by Gasteiger charge is 2.13. The van der Waals surface area contributed by atoms with Gasteiger partial charge in [0.25, 0.3) is 0 Å². The van der Waals surface area contributed by atoms with Crippen LogP contribution in [0.25, 0.3) is 32.7 Å². The lowest BCUT2D eigenvalue weighted by atomic mass is 9.86. The van der Waals surface area contributed by atoms with Crippen LogP contribution in [0.4, 0.5) is 4.39 Å². The largest absolute Gasteiger partial charge is 0.207 e. The molecule has 0 aromatic heterocycles. The highest BCUT2D eigenvalue weighted by molar-refractivity contribution is 6.09. The summed E-state index contributed by atoms with van der Waals surface area (Å²) in [5.74, 6) is -0.194. The summed E-state index contributed by atoms with van der Waals surface area (Å²) in [6.45, 7) is 0. The number of aryl methyl sites for hydroxylation is 2. The Morgan fingerprint density at radius 2 is 1.32 bits per heavy atom. The third-order valence-electron chi connectivity index (χ3n) is 5.53. The molecule has 0 spiro atoms. The first-order valence-corrected chi connectivity index (χ1v) is 9.03. The van der Waals surface area contributed by atoms with E-state index in [1.165, 1.54) is 64.9 Å². The second-order valence-corrected chi connectivity index (χ2v) is 7.01. The minimum atomic E-state index is -0.194. The Bertz CT molecular complexity index is 1090. The highest BCUT2D eigenvalue weighted by Crippen LogP contribution is 2.34. The minimum absolute atomic E-state index is 0.194. The van der Waals surface area contributed by atoms with Crippen LogP contribution < -0.4 is 0 Å². The molecule has 4 aromatic rings. The molecular formula is C24H19F. The second-order valence-electron chi connectivity index (χ2n) is 7.01. The van der Waals surface area contributed by atoms with Gasteiger partial charge in [-0.2, -0.15) is 0 Å². The predicted molar refractivity (Wildman–Crippen MR) is 103 cm³/mol. The Kier molecular flexibility index (Phi) is 3.34. The average Bonchev–Trinajstić information content (AvgIpc) is 2.67. The molecule has 0 atom stereocenters.